The van der Waals surface area contributed by atoms with E-state index in [2.05, 4.69) is 39.5 Å². The molecule has 32 heavy (non-hydrogen) atoms. The van der Waals surface area contributed by atoms with Crippen molar-refractivity contribution in [1.82, 2.24) is 9.55 Å². The second kappa shape index (κ2) is 9.41. The van der Waals surface area contributed by atoms with Gasteiger partial charge in [0, 0.05) is 25.9 Å². The zero-order valence-electron chi connectivity index (χ0n) is 19.0. The molecule has 2 aliphatic rings. The van der Waals surface area contributed by atoms with Crippen LogP contribution in [0.25, 0.3) is 11.0 Å². The van der Waals surface area contributed by atoms with Gasteiger partial charge in [-0.05, 0) is 55.9 Å². The van der Waals surface area contributed by atoms with Crippen molar-refractivity contribution in [3.8, 4) is 0 Å². The lowest BCUT2D eigenvalue weighted by Crippen LogP contribution is -2.33. The Morgan fingerprint density at radius 2 is 1.88 bits per heavy atom. The number of H-pyrrole nitrogens is 1. The Hall–Kier alpha value is -2.73. The van der Waals surface area contributed by atoms with E-state index >= 15 is 0 Å². The first-order valence-electron chi connectivity index (χ1n) is 12.1. The monoisotopic (exact) mass is 434 g/mol. The minimum absolute atomic E-state index is 0.00301. The first-order chi connectivity index (χ1) is 15.7. The normalized spacial score (nSPS) is 19.7. The van der Waals surface area contributed by atoms with Gasteiger partial charge >= 0.3 is 5.69 Å². The zero-order chi connectivity index (χ0) is 21.9. The molecule has 5 rings (SSSR count). The molecule has 2 aromatic carbocycles. The standard InChI is InChI=1S/C26H34N4O2/c1-32-18-21-13-8-14-29(21)24-16-25-23(15-22(24)27-20-11-6-3-7-12-20)28-26(31)30(25)17-19-9-4-2-5-10-19/h3,6-7,11-12,15-16,19,21,27H,2,4-5,8-10,13-14,17-18H2,1H3,(H,28,31)/t21-/m1/s1. The second-order valence-electron chi connectivity index (χ2n) is 9.37. The SMILES string of the molecule is COC[C@H]1CCCN1c1cc2c(cc1Nc1ccccc1)[nH]c(=O)n2CC1CCCCC1. The topological polar surface area (TPSA) is 62.3 Å². The van der Waals surface area contributed by atoms with Crippen LogP contribution < -0.4 is 15.9 Å². The maximum Gasteiger partial charge on any atom is 0.326 e. The predicted molar refractivity (Wildman–Crippen MR) is 131 cm³/mol. The highest BCUT2D eigenvalue weighted by atomic mass is 16.5. The van der Waals surface area contributed by atoms with Gasteiger partial charge in [-0.2, -0.15) is 0 Å². The maximum absolute atomic E-state index is 12.9. The van der Waals surface area contributed by atoms with Gasteiger partial charge in [0.05, 0.1) is 35.1 Å². The molecule has 2 heterocycles. The summed E-state index contributed by atoms with van der Waals surface area (Å²) in [6, 6.07) is 14.9. The fourth-order valence-electron chi connectivity index (χ4n) is 5.54. The summed E-state index contributed by atoms with van der Waals surface area (Å²) >= 11 is 0. The van der Waals surface area contributed by atoms with Gasteiger partial charge in [-0.1, -0.05) is 37.5 Å². The van der Waals surface area contributed by atoms with Crippen molar-refractivity contribution >= 4 is 28.1 Å². The molecule has 1 saturated heterocycles. The molecule has 2 fully saturated rings. The fourth-order valence-corrected chi connectivity index (χ4v) is 5.54. The van der Waals surface area contributed by atoms with E-state index in [-0.39, 0.29) is 5.69 Å². The molecule has 1 aromatic heterocycles. The number of nitrogens with one attached hydrogen (secondary N) is 2. The van der Waals surface area contributed by atoms with Crippen LogP contribution in [0.15, 0.2) is 47.3 Å². The van der Waals surface area contributed by atoms with E-state index in [1.165, 1.54) is 32.1 Å². The number of nitrogens with zero attached hydrogens (tertiary/aromatic N) is 2. The van der Waals surface area contributed by atoms with E-state index in [1.54, 1.807) is 7.11 Å². The lowest BCUT2D eigenvalue weighted by Gasteiger charge is -2.29. The van der Waals surface area contributed by atoms with Crippen LogP contribution in [0.1, 0.15) is 44.9 Å². The molecule has 0 unspecified atom stereocenters. The molecule has 0 spiro atoms. The number of methoxy groups -OCH3 is 1. The van der Waals surface area contributed by atoms with Crippen molar-refractivity contribution in [2.45, 2.75) is 57.5 Å². The summed E-state index contributed by atoms with van der Waals surface area (Å²) in [7, 11) is 1.77. The Bertz CT molecular complexity index is 1100. The van der Waals surface area contributed by atoms with Gasteiger partial charge in [0.25, 0.3) is 0 Å². The highest BCUT2D eigenvalue weighted by molar-refractivity contribution is 5.90. The molecule has 6 heteroatoms. The van der Waals surface area contributed by atoms with Gasteiger partial charge in [0.15, 0.2) is 0 Å². The zero-order valence-corrected chi connectivity index (χ0v) is 19.0. The van der Waals surface area contributed by atoms with Gasteiger partial charge in [0.1, 0.15) is 0 Å². The summed E-state index contributed by atoms with van der Waals surface area (Å²) in [5.74, 6) is 0.596. The molecule has 3 aromatic rings. The number of rotatable bonds is 7. The summed E-state index contributed by atoms with van der Waals surface area (Å²) in [6.45, 7) is 2.52. The van der Waals surface area contributed by atoms with Crippen molar-refractivity contribution in [3.63, 3.8) is 0 Å². The van der Waals surface area contributed by atoms with Crippen LogP contribution in [0.5, 0.6) is 0 Å². The molecule has 0 radical (unpaired) electrons. The maximum atomic E-state index is 12.9. The number of para-hydroxylation sites is 1. The number of fused-ring (bicyclic) bond motifs is 1. The van der Waals surface area contributed by atoms with Crippen LogP contribution in [0.4, 0.5) is 17.1 Å². The number of aromatic nitrogens is 2. The highest BCUT2D eigenvalue weighted by Crippen LogP contribution is 2.37. The molecule has 0 amide bonds. The van der Waals surface area contributed by atoms with Crippen LogP contribution in [-0.2, 0) is 11.3 Å². The Labute approximate surface area is 189 Å². The third-order valence-electron chi connectivity index (χ3n) is 7.16. The molecule has 170 valence electrons. The van der Waals surface area contributed by atoms with Gasteiger partial charge in [0.2, 0.25) is 0 Å². The number of hydrogen-bond acceptors (Lipinski definition) is 4. The highest BCUT2D eigenvalue weighted by Gasteiger charge is 2.28. The van der Waals surface area contributed by atoms with Crippen LogP contribution in [0.3, 0.4) is 0 Å². The first kappa shape index (κ1) is 21.1. The number of aromatic amines is 1. The van der Waals surface area contributed by atoms with Gasteiger partial charge < -0.3 is 19.9 Å². The number of anilines is 3. The van der Waals surface area contributed by atoms with E-state index in [0.29, 0.717) is 18.6 Å². The van der Waals surface area contributed by atoms with E-state index in [9.17, 15) is 4.79 Å². The van der Waals surface area contributed by atoms with Gasteiger partial charge in [-0.3, -0.25) is 4.57 Å². The van der Waals surface area contributed by atoms with E-state index in [1.807, 2.05) is 22.8 Å². The van der Waals surface area contributed by atoms with Gasteiger partial charge in [-0.15, -0.1) is 0 Å². The Morgan fingerprint density at radius 3 is 2.66 bits per heavy atom. The molecule has 2 N–H and O–H groups in total. The van der Waals surface area contributed by atoms with Crippen LogP contribution in [-0.4, -0.2) is 35.9 Å². The lowest BCUT2D eigenvalue weighted by atomic mass is 9.89. The molecule has 1 aliphatic carbocycles. The van der Waals surface area contributed by atoms with E-state index in [0.717, 1.165) is 54.0 Å². The minimum Gasteiger partial charge on any atom is -0.383 e. The average Bonchev–Trinajstić information content (AvgIpc) is 3.39. The Kier molecular flexibility index (Phi) is 6.21. The van der Waals surface area contributed by atoms with Crippen LogP contribution in [0, 0.1) is 5.92 Å². The first-order valence-corrected chi connectivity index (χ1v) is 12.1. The summed E-state index contributed by atoms with van der Waals surface area (Å²) in [6.07, 6.45) is 8.61. The third-order valence-corrected chi connectivity index (χ3v) is 7.16. The van der Waals surface area contributed by atoms with Crippen LogP contribution >= 0.6 is 0 Å². The fraction of sp³-hybridized carbons (Fsp3) is 0.500. The van der Waals surface area contributed by atoms with Crippen molar-refractivity contribution in [3.05, 3.63) is 52.9 Å². The summed E-state index contributed by atoms with van der Waals surface area (Å²) in [4.78, 5) is 18.5. The lowest BCUT2D eigenvalue weighted by molar-refractivity contribution is 0.181. The second-order valence-corrected chi connectivity index (χ2v) is 9.37. The molecule has 0 bridgehead atoms. The summed E-state index contributed by atoms with van der Waals surface area (Å²) < 4.78 is 7.50. The number of ether oxygens (including phenoxy) is 1. The number of imidazole rings is 1. The minimum atomic E-state index is 0.00301. The van der Waals surface area contributed by atoms with Crippen molar-refractivity contribution in [1.29, 1.82) is 0 Å². The summed E-state index contributed by atoms with van der Waals surface area (Å²) in [5, 5.41) is 3.60. The molecular weight excluding hydrogens is 400 g/mol. The molecular formula is C26H34N4O2. The van der Waals surface area contributed by atoms with E-state index in [4.69, 9.17) is 4.74 Å². The van der Waals surface area contributed by atoms with Crippen molar-refractivity contribution < 1.29 is 4.74 Å². The quantitative estimate of drug-likeness (QED) is 0.532. The average molecular weight is 435 g/mol. The molecule has 1 saturated carbocycles. The van der Waals surface area contributed by atoms with Crippen molar-refractivity contribution in [2.24, 2.45) is 5.92 Å². The molecule has 1 aliphatic heterocycles. The molecule has 1 atom stereocenters. The predicted octanol–water partition coefficient (Wildman–Crippen LogP) is 5.27. The Balaban J connectivity index is 1.57. The Morgan fingerprint density at radius 1 is 1.06 bits per heavy atom. The van der Waals surface area contributed by atoms with Crippen molar-refractivity contribution in [2.75, 3.05) is 30.5 Å². The summed E-state index contributed by atoms with van der Waals surface area (Å²) in [5.41, 5.74) is 5.13. The number of benzene rings is 2. The van der Waals surface area contributed by atoms with E-state index < -0.39 is 0 Å². The van der Waals surface area contributed by atoms with Gasteiger partial charge in [-0.25, -0.2) is 4.79 Å². The largest absolute Gasteiger partial charge is 0.383 e. The van der Waals surface area contributed by atoms with Crippen LogP contribution in [0.2, 0.25) is 0 Å². The molecule has 6 nitrogen and oxygen atoms in total. The smallest absolute Gasteiger partial charge is 0.326 e. The third kappa shape index (κ3) is 4.29. The number of hydrogen-bond donors (Lipinski definition) is 2.